The van der Waals surface area contributed by atoms with Crippen molar-refractivity contribution in [1.82, 2.24) is 0 Å². The van der Waals surface area contributed by atoms with Gasteiger partial charge in [-0.05, 0) is 12.1 Å². The van der Waals surface area contributed by atoms with E-state index < -0.39 is 23.5 Å². The molecule has 2 rings (SSSR count). The topological polar surface area (TPSA) is 66.7 Å². The second-order valence-electron chi connectivity index (χ2n) is 3.09. The number of carbonyl (C=O) groups excluding carboxylic acids is 1. The van der Waals surface area contributed by atoms with Crippen molar-refractivity contribution >= 4 is 23.7 Å². The second-order valence-corrected chi connectivity index (χ2v) is 3.09. The SMILES string of the molecule is O=C(O)C1C=Nc2c(F)cccc2C1=O. The third kappa shape index (κ3) is 1.41. The van der Waals surface area contributed by atoms with Crippen LogP contribution in [0.2, 0.25) is 0 Å². The average molecular weight is 207 g/mol. The number of rotatable bonds is 1. The summed E-state index contributed by atoms with van der Waals surface area (Å²) in [5.74, 6) is -3.84. The molecule has 1 atom stereocenters. The van der Waals surface area contributed by atoms with Gasteiger partial charge in [-0.25, -0.2) is 4.39 Å². The minimum absolute atomic E-state index is 0.0184. The number of aliphatic carboxylic acids is 1. The number of aliphatic imine (C=N–C) groups is 1. The molecule has 0 bridgehead atoms. The molecule has 1 aliphatic heterocycles. The smallest absolute Gasteiger partial charge is 0.319 e. The highest BCUT2D eigenvalue weighted by molar-refractivity contribution is 6.22. The molecule has 0 saturated carbocycles. The maximum absolute atomic E-state index is 13.2. The average Bonchev–Trinajstić information content (AvgIpc) is 2.19. The first-order chi connectivity index (χ1) is 7.11. The van der Waals surface area contributed by atoms with Crippen molar-refractivity contribution in [3.63, 3.8) is 0 Å². The molecule has 0 amide bonds. The number of para-hydroxylation sites is 1. The molecule has 0 spiro atoms. The predicted molar refractivity (Wildman–Crippen MR) is 50.0 cm³/mol. The van der Waals surface area contributed by atoms with E-state index in [1.807, 2.05) is 0 Å². The summed E-state index contributed by atoms with van der Waals surface area (Å²) in [6.07, 6.45) is 0.954. The second kappa shape index (κ2) is 3.27. The number of benzene rings is 1. The zero-order chi connectivity index (χ0) is 11.0. The van der Waals surface area contributed by atoms with E-state index in [0.29, 0.717) is 0 Å². The standard InChI is InChI=1S/C10H6FNO3/c11-7-3-1-2-5-8(7)12-4-6(9(5)13)10(14)15/h1-4,6H,(H,14,15). The van der Waals surface area contributed by atoms with Crippen LogP contribution in [0.25, 0.3) is 0 Å². The summed E-state index contributed by atoms with van der Waals surface area (Å²) in [5.41, 5.74) is -0.0649. The Labute approximate surface area is 84.1 Å². The van der Waals surface area contributed by atoms with E-state index in [2.05, 4.69) is 4.99 Å². The van der Waals surface area contributed by atoms with Crippen molar-refractivity contribution in [1.29, 1.82) is 0 Å². The Bertz CT molecular complexity index is 482. The van der Waals surface area contributed by atoms with E-state index >= 15 is 0 Å². The van der Waals surface area contributed by atoms with Gasteiger partial charge in [0.25, 0.3) is 0 Å². The lowest BCUT2D eigenvalue weighted by molar-refractivity contribution is -0.137. The largest absolute Gasteiger partial charge is 0.480 e. The number of nitrogens with zero attached hydrogens (tertiary/aromatic N) is 1. The van der Waals surface area contributed by atoms with E-state index in [0.717, 1.165) is 6.21 Å². The van der Waals surface area contributed by atoms with Gasteiger partial charge in [-0.2, -0.15) is 0 Å². The zero-order valence-electron chi connectivity index (χ0n) is 7.48. The van der Waals surface area contributed by atoms with E-state index in [1.54, 1.807) is 0 Å². The molecule has 0 fully saturated rings. The third-order valence-corrected chi connectivity index (χ3v) is 2.15. The van der Waals surface area contributed by atoms with Crippen LogP contribution in [-0.4, -0.2) is 23.1 Å². The van der Waals surface area contributed by atoms with Gasteiger partial charge in [-0.15, -0.1) is 0 Å². The van der Waals surface area contributed by atoms with Gasteiger partial charge in [-0.1, -0.05) is 6.07 Å². The van der Waals surface area contributed by atoms with Crippen LogP contribution in [0.4, 0.5) is 10.1 Å². The van der Waals surface area contributed by atoms with Gasteiger partial charge in [0.2, 0.25) is 0 Å². The molecule has 1 aliphatic rings. The van der Waals surface area contributed by atoms with Crippen LogP contribution in [0, 0.1) is 11.7 Å². The molecule has 0 aromatic heterocycles. The highest BCUT2D eigenvalue weighted by Gasteiger charge is 2.31. The number of Topliss-reactive ketones (excluding diaryl/α,β-unsaturated/α-hetero) is 1. The summed E-state index contributed by atoms with van der Waals surface area (Å²) in [6, 6.07) is 3.89. The Balaban J connectivity index is 2.56. The molecule has 1 N–H and O–H groups in total. The number of halogens is 1. The lowest BCUT2D eigenvalue weighted by Crippen LogP contribution is -2.27. The summed E-state index contributed by atoms with van der Waals surface area (Å²) >= 11 is 0. The van der Waals surface area contributed by atoms with Crippen LogP contribution in [-0.2, 0) is 4.79 Å². The molecule has 76 valence electrons. The number of fused-ring (bicyclic) bond motifs is 1. The minimum atomic E-state index is -1.31. The molecule has 1 aromatic rings. The summed E-state index contributed by atoms with van der Waals surface area (Å²) in [6.45, 7) is 0. The molecular formula is C10H6FNO3. The third-order valence-electron chi connectivity index (χ3n) is 2.15. The predicted octanol–water partition coefficient (Wildman–Crippen LogP) is 1.43. The van der Waals surface area contributed by atoms with E-state index in [9.17, 15) is 14.0 Å². The molecule has 0 saturated heterocycles. The molecule has 1 heterocycles. The van der Waals surface area contributed by atoms with Crippen molar-refractivity contribution in [3.8, 4) is 0 Å². The Hall–Kier alpha value is -2.04. The van der Waals surface area contributed by atoms with Crippen LogP contribution >= 0.6 is 0 Å². The molecule has 15 heavy (non-hydrogen) atoms. The Morgan fingerprint density at radius 2 is 2.20 bits per heavy atom. The number of carboxylic acids is 1. The van der Waals surface area contributed by atoms with Crippen molar-refractivity contribution in [2.75, 3.05) is 0 Å². The number of carboxylic acid groups (broad SMARTS) is 1. The van der Waals surface area contributed by atoms with Gasteiger partial charge in [0.1, 0.15) is 11.5 Å². The van der Waals surface area contributed by atoms with Gasteiger partial charge in [0.05, 0.1) is 0 Å². The van der Waals surface area contributed by atoms with Gasteiger partial charge in [-0.3, -0.25) is 14.6 Å². The molecule has 0 aliphatic carbocycles. The van der Waals surface area contributed by atoms with Crippen LogP contribution in [0.1, 0.15) is 10.4 Å². The fourth-order valence-electron chi connectivity index (χ4n) is 1.41. The molecule has 1 aromatic carbocycles. The Morgan fingerprint density at radius 3 is 2.87 bits per heavy atom. The summed E-state index contributed by atoms with van der Waals surface area (Å²) in [5, 5.41) is 8.70. The summed E-state index contributed by atoms with van der Waals surface area (Å²) in [7, 11) is 0. The zero-order valence-corrected chi connectivity index (χ0v) is 7.48. The fraction of sp³-hybridized carbons (Fsp3) is 0.100. The van der Waals surface area contributed by atoms with Crippen molar-refractivity contribution in [3.05, 3.63) is 29.6 Å². The van der Waals surface area contributed by atoms with E-state index in [1.165, 1.54) is 18.2 Å². The van der Waals surface area contributed by atoms with Crippen molar-refractivity contribution in [2.45, 2.75) is 0 Å². The lowest BCUT2D eigenvalue weighted by Gasteiger charge is -2.13. The first-order valence-electron chi connectivity index (χ1n) is 4.21. The van der Waals surface area contributed by atoms with Gasteiger partial charge >= 0.3 is 5.97 Å². The number of carbonyl (C=O) groups is 2. The monoisotopic (exact) mass is 207 g/mol. The molecule has 4 nitrogen and oxygen atoms in total. The summed E-state index contributed by atoms with van der Waals surface area (Å²) < 4.78 is 13.2. The molecular weight excluding hydrogens is 201 g/mol. The Kier molecular flexibility index (Phi) is 2.07. The molecule has 1 unspecified atom stereocenters. The first-order valence-corrected chi connectivity index (χ1v) is 4.21. The minimum Gasteiger partial charge on any atom is -0.480 e. The van der Waals surface area contributed by atoms with E-state index in [-0.39, 0.29) is 11.3 Å². The van der Waals surface area contributed by atoms with Crippen molar-refractivity contribution in [2.24, 2.45) is 10.9 Å². The molecule has 5 heteroatoms. The van der Waals surface area contributed by atoms with Crippen molar-refractivity contribution < 1.29 is 19.1 Å². The maximum atomic E-state index is 13.2. The Morgan fingerprint density at radius 1 is 1.47 bits per heavy atom. The summed E-state index contributed by atoms with van der Waals surface area (Å²) in [4.78, 5) is 25.9. The number of hydrogen-bond acceptors (Lipinski definition) is 3. The number of hydrogen-bond donors (Lipinski definition) is 1. The quantitative estimate of drug-likeness (QED) is 0.708. The van der Waals surface area contributed by atoms with Crippen LogP contribution in [0.3, 0.4) is 0 Å². The van der Waals surface area contributed by atoms with Gasteiger partial charge in [0, 0.05) is 11.8 Å². The fourth-order valence-corrected chi connectivity index (χ4v) is 1.41. The first kappa shape index (κ1) is 9.51. The highest BCUT2D eigenvalue weighted by Crippen LogP contribution is 2.28. The van der Waals surface area contributed by atoms with E-state index in [4.69, 9.17) is 5.11 Å². The normalized spacial score (nSPS) is 18.7. The lowest BCUT2D eigenvalue weighted by atomic mass is 9.95. The van der Waals surface area contributed by atoms with Gasteiger partial charge in [0.15, 0.2) is 11.7 Å². The molecule has 0 radical (unpaired) electrons. The van der Waals surface area contributed by atoms with Crippen LogP contribution < -0.4 is 0 Å². The van der Waals surface area contributed by atoms with Crippen LogP contribution in [0.15, 0.2) is 23.2 Å². The number of ketones is 1. The van der Waals surface area contributed by atoms with Gasteiger partial charge < -0.3 is 5.11 Å². The maximum Gasteiger partial charge on any atom is 0.319 e. The van der Waals surface area contributed by atoms with Crippen LogP contribution in [0.5, 0.6) is 0 Å². The highest BCUT2D eigenvalue weighted by atomic mass is 19.1.